The largest absolute Gasteiger partial charge is 0.456 e. The molecule has 10 aromatic rings. The fourth-order valence-electron chi connectivity index (χ4n) is 7.38. The van der Waals surface area contributed by atoms with Gasteiger partial charge in [0.2, 0.25) is 0 Å². The number of nitrogens with zero attached hydrogens (tertiary/aromatic N) is 2. The molecule has 0 atom stereocenters. The normalized spacial score (nSPS) is 11.8. The summed E-state index contributed by atoms with van der Waals surface area (Å²) in [5.41, 5.74) is 8.56. The summed E-state index contributed by atoms with van der Waals surface area (Å²) in [6, 6.07) is 60.8. The molecule has 0 saturated carbocycles. The van der Waals surface area contributed by atoms with E-state index in [1.54, 1.807) is 0 Å². The van der Waals surface area contributed by atoms with E-state index >= 15 is 0 Å². The Hall–Kier alpha value is -6.32. The van der Waals surface area contributed by atoms with Crippen LogP contribution >= 0.6 is 0 Å². The van der Waals surface area contributed by atoms with Crippen molar-refractivity contribution in [3.8, 4) is 5.69 Å². The first-order valence-corrected chi connectivity index (χ1v) is 16.0. The van der Waals surface area contributed by atoms with E-state index in [0.29, 0.717) is 0 Å². The van der Waals surface area contributed by atoms with Gasteiger partial charge in [0.25, 0.3) is 0 Å². The van der Waals surface area contributed by atoms with Crippen LogP contribution < -0.4 is 4.90 Å². The van der Waals surface area contributed by atoms with Crippen LogP contribution in [0.2, 0.25) is 0 Å². The highest BCUT2D eigenvalue weighted by Gasteiger charge is 2.20. The highest BCUT2D eigenvalue weighted by atomic mass is 16.3. The lowest BCUT2D eigenvalue weighted by molar-refractivity contribution is 0.669. The summed E-state index contributed by atoms with van der Waals surface area (Å²) in [6.45, 7) is 0. The van der Waals surface area contributed by atoms with Crippen molar-refractivity contribution < 1.29 is 4.42 Å². The number of anilines is 3. The van der Waals surface area contributed by atoms with E-state index in [0.717, 1.165) is 44.7 Å². The zero-order valence-electron chi connectivity index (χ0n) is 25.5. The Bertz CT molecular complexity index is 2790. The molecule has 3 heteroatoms. The Labute approximate surface area is 271 Å². The maximum Gasteiger partial charge on any atom is 0.136 e. The van der Waals surface area contributed by atoms with Crippen molar-refractivity contribution in [2.45, 2.75) is 0 Å². The van der Waals surface area contributed by atoms with Crippen molar-refractivity contribution in [1.82, 2.24) is 4.57 Å². The van der Waals surface area contributed by atoms with E-state index < -0.39 is 0 Å². The van der Waals surface area contributed by atoms with E-state index in [1.807, 2.05) is 0 Å². The van der Waals surface area contributed by atoms with E-state index in [4.69, 9.17) is 4.42 Å². The fraction of sp³-hybridized carbons (Fsp3) is 0. The smallest absolute Gasteiger partial charge is 0.136 e. The van der Waals surface area contributed by atoms with Gasteiger partial charge in [0.15, 0.2) is 0 Å². The Balaban J connectivity index is 1.24. The molecule has 2 aromatic heterocycles. The Kier molecular flexibility index (Phi) is 5.57. The monoisotopic (exact) mass is 600 g/mol. The quantitative estimate of drug-likeness (QED) is 0.200. The number of fused-ring (bicyclic) bond motifs is 9. The van der Waals surface area contributed by atoms with Gasteiger partial charge in [0, 0.05) is 44.3 Å². The third-order valence-electron chi connectivity index (χ3n) is 9.51. The van der Waals surface area contributed by atoms with Crippen LogP contribution in [0.5, 0.6) is 0 Å². The molecule has 0 fully saturated rings. The van der Waals surface area contributed by atoms with E-state index in [1.165, 1.54) is 43.4 Å². The van der Waals surface area contributed by atoms with Gasteiger partial charge in [-0.1, -0.05) is 97.1 Å². The van der Waals surface area contributed by atoms with Crippen LogP contribution in [0.1, 0.15) is 0 Å². The topological polar surface area (TPSA) is 21.3 Å². The molecule has 47 heavy (non-hydrogen) atoms. The zero-order valence-corrected chi connectivity index (χ0v) is 25.5. The zero-order chi connectivity index (χ0) is 30.9. The second-order valence-corrected chi connectivity index (χ2v) is 12.2. The van der Waals surface area contributed by atoms with E-state index in [9.17, 15) is 0 Å². The molecule has 0 amide bonds. The van der Waals surface area contributed by atoms with Gasteiger partial charge in [-0.05, 0) is 94.3 Å². The van der Waals surface area contributed by atoms with Crippen molar-refractivity contribution in [1.29, 1.82) is 0 Å². The minimum atomic E-state index is 0.888. The number of furan rings is 1. The van der Waals surface area contributed by atoms with Crippen molar-refractivity contribution in [2.24, 2.45) is 0 Å². The number of benzene rings is 8. The number of aromatic nitrogens is 1. The molecule has 0 spiro atoms. The number of hydrogen-bond acceptors (Lipinski definition) is 2. The average Bonchev–Trinajstić information content (AvgIpc) is 3.66. The second kappa shape index (κ2) is 10.1. The predicted molar refractivity (Wildman–Crippen MR) is 198 cm³/mol. The third kappa shape index (κ3) is 4.00. The van der Waals surface area contributed by atoms with Crippen molar-refractivity contribution in [3.05, 3.63) is 170 Å². The summed E-state index contributed by atoms with van der Waals surface area (Å²) in [5, 5.41) is 9.64. The van der Waals surface area contributed by atoms with Crippen LogP contribution in [0.3, 0.4) is 0 Å². The van der Waals surface area contributed by atoms with Gasteiger partial charge in [-0.2, -0.15) is 0 Å². The van der Waals surface area contributed by atoms with E-state index in [-0.39, 0.29) is 0 Å². The van der Waals surface area contributed by atoms with Crippen molar-refractivity contribution in [2.75, 3.05) is 4.90 Å². The maximum atomic E-state index is 6.38. The molecule has 10 rings (SSSR count). The Morgan fingerprint density at radius 2 is 1.04 bits per heavy atom. The molecule has 220 valence electrons. The molecule has 8 aromatic carbocycles. The van der Waals surface area contributed by atoms with Crippen molar-refractivity contribution in [3.63, 3.8) is 0 Å². The molecule has 0 saturated heterocycles. The molecule has 3 nitrogen and oxygen atoms in total. The molecule has 0 radical (unpaired) electrons. The highest BCUT2D eigenvalue weighted by Crippen LogP contribution is 2.43. The summed E-state index contributed by atoms with van der Waals surface area (Å²) in [4.78, 5) is 2.35. The lowest BCUT2D eigenvalue weighted by Gasteiger charge is -2.26. The maximum absolute atomic E-state index is 6.38. The number of rotatable bonds is 4. The molecule has 0 N–H and O–H groups in total. The van der Waals surface area contributed by atoms with Gasteiger partial charge in [-0.25, -0.2) is 0 Å². The van der Waals surface area contributed by atoms with Crippen LogP contribution in [-0.2, 0) is 0 Å². The molecule has 0 bridgehead atoms. The Morgan fingerprint density at radius 3 is 1.87 bits per heavy atom. The SMILES string of the molecule is c1ccc(N(c2ccc3oc4cc5ccccc5cc4c3c2)c2ccc3c4c5ccccc5ccc4n(-c4ccccc4)c3c2)cc1. The first-order valence-electron chi connectivity index (χ1n) is 16.0. The van der Waals surface area contributed by atoms with Gasteiger partial charge in [-0.3, -0.25) is 0 Å². The van der Waals surface area contributed by atoms with Crippen LogP contribution in [0, 0.1) is 0 Å². The molecule has 0 aliphatic carbocycles. The van der Waals surface area contributed by atoms with Crippen LogP contribution in [0.4, 0.5) is 17.1 Å². The number of para-hydroxylation sites is 2. The second-order valence-electron chi connectivity index (χ2n) is 12.2. The fourth-order valence-corrected chi connectivity index (χ4v) is 7.38. The van der Waals surface area contributed by atoms with Gasteiger partial charge in [0.1, 0.15) is 11.2 Å². The van der Waals surface area contributed by atoms with Crippen molar-refractivity contribution >= 4 is 82.4 Å². The Morgan fingerprint density at radius 1 is 0.383 bits per heavy atom. The summed E-state index contributed by atoms with van der Waals surface area (Å²) in [6.07, 6.45) is 0. The lowest BCUT2D eigenvalue weighted by atomic mass is 10.0. The van der Waals surface area contributed by atoms with Gasteiger partial charge in [-0.15, -0.1) is 0 Å². The van der Waals surface area contributed by atoms with E-state index in [2.05, 4.69) is 179 Å². The summed E-state index contributed by atoms with van der Waals surface area (Å²) in [7, 11) is 0. The molecular weight excluding hydrogens is 572 g/mol. The molecule has 2 heterocycles. The average molecular weight is 601 g/mol. The van der Waals surface area contributed by atoms with Crippen LogP contribution in [0.25, 0.3) is 71.0 Å². The summed E-state index contributed by atoms with van der Waals surface area (Å²) in [5.74, 6) is 0. The minimum absolute atomic E-state index is 0.888. The first-order chi connectivity index (χ1) is 23.3. The molecule has 0 unspecified atom stereocenters. The lowest BCUT2D eigenvalue weighted by Crippen LogP contribution is -2.10. The minimum Gasteiger partial charge on any atom is -0.456 e. The first kappa shape index (κ1) is 26.0. The molecule has 0 aliphatic heterocycles. The standard InChI is InChI=1S/C44H28N2O/c1-3-14-32(15-4-1)45(34-21-24-42-39(27-34)38-25-30-12-7-8-13-31(30)26-43(38)47-42)35-20-22-37-41(28-35)46(33-16-5-2-6-17-33)40-23-19-29-11-9-10-18-36(29)44(37)40/h1-28H. The van der Waals surface area contributed by atoms with Gasteiger partial charge < -0.3 is 13.9 Å². The molecular formula is C44H28N2O. The van der Waals surface area contributed by atoms with Crippen LogP contribution in [0.15, 0.2) is 174 Å². The summed E-state index contributed by atoms with van der Waals surface area (Å²) >= 11 is 0. The summed E-state index contributed by atoms with van der Waals surface area (Å²) < 4.78 is 8.78. The predicted octanol–water partition coefficient (Wildman–Crippen LogP) is 12.5. The number of hydrogen-bond donors (Lipinski definition) is 0. The highest BCUT2D eigenvalue weighted by molar-refractivity contribution is 6.22. The third-order valence-corrected chi connectivity index (χ3v) is 9.51. The molecule has 0 aliphatic rings. The van der Waals surface area contributed by atoms with Gasteiger partial charge >= 0.3 is 0 Å². The van der Waals surface area contributed by atoms with Crippen LogP contribution in [-0.4, -0.2) is 4.57 Å². The van der Waals surface area contributed by atoms with Gasteiger partial charge in [0.05, 0.1) is 11.0 Å².